The maximum absolute atomic E-state index is 6.34. The van der Waals surface area contributed by atoms with Gasteiger partial charge in [-0.25, -0.2) is 4.98 Å². The third-order valence-corrected chi connectivity index (χ3v) is 4.99. The molecule has 21 heavy (non-hydrogen) atoms. The average Bonchev–Trinajstić information content (AvgIpc) is 3.04. The molecular weight excluding hydrogens is 304 g/mol. The standard InChI is InChI=1S/C15H19ClN4S/c16-14-9-12(10-17)1-2-13(14)11-19-4-6-20(7-5-19)15-18-3-8-21-15/h1-3,8-9H,4-7,10-11,17H2. The Morgan fingerprint density at radius 2 is 2.05 bits per heavy atom. The first kappa shape index (κ1) is 14.8. The van der Waals surface area contributed by atoms with Crippen LogP contribution in [0.4, 0.5) is 5.13 Å². The Hall–Kier alpha value is -1.14. The summed E-state index contributed by atoms with van der Waals surface area (Å²) in [5.74, 6) is 0. The van der Waals surface area contributed by atoms with Crippen molar-refractivity contribution in [3.63, 3.8) is 0 Å². The summed E-state index contributed by atoms with van der Waals surface area (Å²) in [6, 6.07) is 6.13. The highest BCUT2D eigenvalue weighted by Crippen LogP contribution is 2.22. The van der Waals surface area contributed by atoms with Crippen molar-refractivity contribution in [1.82, 2.24) is 9.88 Å². The maximum Gasteiger partial charge on any atom is 0.185 e. The fourth-order valence-electron chi connectivity index (χ4n) is 2.56. The fraction of sp³-hybridized carbons (Fsp3) is 0.400. The average molecular weight is 323 g/mol. The molecular formula is C15H19ClN4S. The second-order valence-electron chi connectivity index (χ2n) is 5.21. The van der Waals surface area contributed by atoms with E-state index < -0.39 is 0 Å². The quantitative estimate of drug-likeness (QED) is 0.939. The van der Waals surface area contributed by atoms with Crippen LogP contribution in [0.15, 0.2) is 29.8 Å². The smallest absolute Gasteiger partial charge is 0.185 e. The van der Waals surface area contributed by atoms with Crippen LogP contribution < -0.4 is 10.6 Å². The third-order valence-electron chi connectivity index (χ3n) is 3.81. The van der Waals surface area contributed by atoms with E-state index in [9.17, 15) is 0 Å². The Balaban J connectivity index is 1.58. The van der Waals surface area contributed by atoms with Crippen molar-refractivity contribution in [1.29, 1.82) is 0 Å². The van der Waals surface area contributed by atoms with Crippen molar-refractivity contribution < 1.29 is 0 Å². The predicted octanol–water partition coefficient (Wildman–Crippen LogP) is 2.58. The molecule has 4 nitrogen and oxygen atoms in total. The van der Waals surface area contributed by atoms with Crippen LogP contribution >= 0.6 is 22.9 Å². The number of aromatic nitrogens is 1. The highest BCUT2D eigenvalue weighted by molar-refractivity contribution is 7.13. The lowest BCUT2D eigenvalue weighted by molar-refractivity contribution is 0.250. The predicted molar refractivity (Wildman–Crippen MR) is 88.9 cm³/mol. The zero-order valence-electron chi connectivity index (χ0n) is 11.8. The number of anilines is 1. The van der Waals surface area contributed by atoms with E-state index in [1.807, 2.05) is 17.6 Å². The van der Waals surface area contributed by atoms with Crippen molar-refractivity contribution in [3.05, 3.63) is 45.9 Å². The molecule has 0 bridgehead atoms. The summed E-state index contributed by atoms with van der Waals surface area (Å²) < 4.78 is 0. The van der Waals surface area contributed by atoms with Crippen LogP contribution in [0.1, 0.15) is 11.1 Å². The maximum atomic E-state index is 6.34. The van der Waals surface area contributed by atoms with Gasteiger partial charge < -0.3 is 10.6 Å². The molecule has 1 aliphatic rings. The number of halogens is 1. The Morgan fingerprint density at radius 1 is 1.24 bits per heavy atom. The minimum Gasteiger partial charge on any atom is -0.346 e. The van der Waals surface area contributed by atoms with E-state index in [-0.39, 0.29) is 0 Å². The van der Waals surface area contributed by atoms with E-state index >= 15 is 0 Å². The van der Waals surface area contributed by atoms with Gasteiger partial charge in [-0.15, -0.1) is 11.3 Å². The summed E-state index contributed by atoms with van der Waals surface area (Å²) in [5, 5.41) is 3.97. The third kappa shape index (κ3) is 3.55. The van der Waals surface area contributed by atoms with Gasteiger partial charge in [0, 0.05) is 55.9 Å². The molecule has 0 radical (unpaired) electrons. The number of rotatable bonds is 4. The van der Waals surface area contributed by atoms with Crippen LogP contribution in [0.2, 0.25) is 5.02 Å². The highest BCUT2D eigenvalue weighted by Gasteiger charge is 2.19. The molecule has 1 aliphatic heterocycles. The molecule has 0 unspecified atom stereocenters. The summed E-state index contributed by atoms with van der Waals surface area (Å²) in [6.07, 6.45) is 1.87. The SMILES string of the molecule is NCc1ccc(CN2CCN(c3nccs3)CC2)c(Cl)c1. The topological polar surface area (TPSA) is 45.4 Å². The van der Waals surface area contributed by atoms with Gasteiger partial charge in [0.15, 0.2) is 5.13 Å². The Labute approximate surface area is 134 Å². The number of nitrogens with two attached hydrogens (primary N) is 1. The minimum absolute atomic E-state index is 0.534. The monoisotopic (exact) mass is 322 g/mol. The molecule has 112 valence electrons. The van der Waals surface area contributed by atoms with Gasteiger partial charge in [-0.05, 0) is 17.2 Å². The number of thiazole rings is 1. The molecule has 2 N–H and O–H groups in total. The molecule has 1 aromatic heterocycles. The molecule has 0 aliphatic carbocycles. The van der Waals surface area contributed by atoms with Crippen molar-refractivity contribution in [2.24, 2.45) is 5.73 Å². The second-order valence-corrected chi connectivity index (χ2v) is 6.49. The van der Waals surface area contributed by atoms with Gasteiger partial charge in [0.05, 0.1) is 0 Å². The molecule has 1 saturated heterocycles. The Bertz CT molecular complexity index is 579. The lowest BCUT2D eigenvalue weighted by Crippen LogP contribution is -2.45. The molecule has 2 heterocycles. The molecule has 0 atom stereocenters. The minimum atomic E-state index is 0.534. The fourth-order valence-corrected chi connectivity index (χ4v) is 3.52. The molecule has 0 amide bonds. The van der Waals surface area contributed by atoms with Gasteiger partial charge in [0.1, 0.15) is 0 Å². The normalized spacial score (nSPS) is 16.4. The second kappa shape index (κ2) is 6.75. The van der Waals surface area contributed by atoms with E-state index in [2.05, 4.69) is 26.9 Å². The van der Waals surface area contributed by atoms with Crippen LogP contribution in [-0.4, -0.2) is 36.1 Å². The van der Waals surface area contributed by atoms with Crippen LogP contribution in [0.5, 0.6) is 0 Å². The molecule has 2 aromatic rings. The molecule has 0 saturated carbocycles. The van der Waals surface area contributed by atoms with Gasteiger partial charge in [-0.2, -0.15) is 0 Å². The first-order valence-corrected chi connectivity index (χ1v) is 8.36. The number of nitrogens with zero attached hydrogens (tertiary/aromatic N) is 3. The van der Waals surface area contributed by atoms with E-state index in [1.165, 1.54) is 5.56 Å². The van der Waals surface area contributed by atoms with Crippen molar-refractivity contribution >= 4 is 28.1 Å². The van der Waals surface area contributed by atoms with E-state index in [0.29, 0.717) is 6.54 Å². The Kier molecular flexibility index (Phi) is 4.75. The van der Waals surface area contributed by atoms with E-state index in [1.54, 1.807) is 11.3 Å². The van der Waals surface area contributed by atoms with Gasteiger partial charge in [0.2, 0.25) is 0 Å². The summed E-state index contributed by atoms with van der Waals surface area (Å²) in [4.78, 5) is 9.16. The van der Waals surface area contributed by atoms with Crippen molar-refractivity contribution in [2.75, 3.05) is 31.1 Å². The van der Waals surface area contributed by atoms with Crippen molar-refractivity contribution in [2.45, 2.75) is 13.1 Å². The number of benzene rings is 1. The van der Waals surface area contributed by atoms with Gasteiger partial charge in [-0.1, -0.05) is 23.7 Å². The Morgan fingerprint density at radius 3 is 2.67 bits per heavy atom. The first-order valence-electron chi connectivity index (χ1n) is 7.10. The molecule has 6 heteroatoms. The zero-order chi connectivity index (χ0) is 14.7. The lowest BCUT2D eigenvalue weighted by Gasteiger charge is -2.34. The van der Waals surface area contributed by atoms with Gasteiger partial charge >= 0.3 is 0 Å². The number of piperazine rings is 1. The molecule has 3 rings (SSSR count). The number of hydrogen-bond acceptors (Lipinski definition) is 5. The number of hydrogen-bond donors (Lipinski definition) is 1. The van der Waals surface area contributed by atoms with E-state index in [0.717, 1.165) is 48.4 Å². The first-order chi connectivity index (χ1) is 10.3. The van der Waals surface area contributed by atoms with Crippen LogP contribution in [0.25, 0.3) is 0 Å². The van der Waals surface area contributed by atoms with Crippen LogP contribution in [-0.2, 0) is 13.1 Å². The summed E-state index contributed by atoms with van der Waals surface area (Å²) >= 11 is 8.04. The summed E-state index contributed by atoms with van der Waals surface area (Å²) in [7, 11) is 0. The lowest BCUT2D eigenvalue weighted by atomic mass is 10.1. The zero-order valence-corrected chi connectivity index (χ0v) is 13.4. The van der Waals surface area contributed by atoms with Gasteiger partial charge in [-0.3, -0.25) is 4.90 Å². The molecule has 1 aromatic carbocycles. The summed E-state index contributed by atoms with van der Waals surface area (Å²) in [5.41, 5.74) is 7.89. The highest BCUT2D eigenvalue weighted by atomic mass is 35.5. The molecule has 0 spiro atoms. The van der Waals surface area contributed by atoms with Crippen molar-refractivity contribution in [3.8, 4) is 0 Å². The largest absolute Gasteiger partial charge is 0.346 e. The van der Waals surface area contributed by atoms with E-state index in [4.69, 9.17) is 17.3 Å². The molecule has 1 fully saturated rings. The van der Waals surface area contributed by atoms with Crippen LogP contribution in [0.3, 0.4) is 0 Å². The van der Waals surface area contributed by atoms with Crippen LogP contribution in [0, 0.1) is 0 Å². The summed E-state index contributed by atoms with van der Waals surface area (Å²) in [6.45, 7) is 5.54. The van der Waals surface area contributed by atoms with Gasteiger partial charge in [0.25, 0.3) is 0 Å².